The van der Waals surface area contributed by atoms with E-state index in [1.54, 1.807) is 13.0 Å². The van der Waals surface area contributed by atoms with Gasteiger partial charge in [0.05, 0.1) is 12.7 Å². The molecule has 1 rings (SSSR count). The van der Waals surface area contributed by atoms with Crippen LogP contribution in [0.15, 0.2) is 12.1 Å². The molecule has 0 aromatic heterocycles. The van der Waals surface area contributed by atoms with Crippen molar-refractivity contribution in [1.82, 2.24) is 0 Å². The third-order valence-electron chi connectivity index (χ3n) is 2.30. The van der Waals surface area contributed by atoms with Gasteiger partial charge in [-0.2, -0.15) is 0 Å². The van der Waals surface area contributed by atoms with Crippen molar-refractivity contribution in [3.05, 3.63) is 28.3 Å². The first-order chi connectivity index (χ1) is 7.42. The molecule has 0 unspecified atom stereocenters. The lowest BCUT2D eigenvalue weighted by Crippen LogP contribution is -2.20. The molecule has 1 aromatic carbocycles. The van der Waals surface area contributed by atoms with Crippen molar-refractivity contribution < 1.29 is 13.5 Å². The third-order valence-corrected chi connectivity index (χ3v) is 2.51. The second kappa shape index (κ2) is 4.97. The fraction of sp³-hybridized carbons (Fsp3) is 0.455. The van der Waals surface area contributed by atoms with Gasteiger partial charge < -0.3 is 10.5 Å². The molecule has 0 saturated carbocycles. The van der Waals surface area contributed by atoms with Gasteiger partial charge in [0.15, 0.2) is 0 Å². The first-order valence-corrected chi connectivity index (χ1v) is 5.22. The molecular weight excluding hydrogens is 236 g/mol. The number of hydrogen-bond donors (Lipinski definition) is 1. The van der Waals surface area contributed by atoms with Crippen molar-refractivity contribution in [1.29, 1.82) is 0 Å². The van der Waals surface area contributed by atoms with Crippen LogP contribution in [0.5, 0.6) is 5.75 Å². The molecule has 5 heteroatoms. The zero-order chi connectivity index (χ0) is 12.3. The van der Waals surface area contributed by atoms with Crippen LogP contribution in [-0.4, -0.2) is 13.7 Å². The average molecular weight is 250 g/mol. The predicted octanol–water partition coefficient (Wildman–Crippen LogP) is 3.10. The molecule has 0 aliphatic carbocycles. The summed E-state index contributed by atoms with van der Waals surface area (Å²) in [5.41, 5.74) is 5.55. The lowest BCUT2D eigenvalue weighted by Gasteiger charge is -2.20. The van der Waals surface area contributed by atoms with Crippen LogP contribution in [0.2, 0.25) is 5.02 Å². The zero-order valence-corrected chi connectivity index (χ0v) is 9.94. The van der Waals surface area contributed by atoms with Crippen LogP contribution >= 0.6 is 11.6 Å². The first kappa shape index (κ1) is 13.2. The van der Waals surface area contributed by atoms with Crippen LogP contribution in [0.3, 0.4) is 0 Å². The maximum Gasteiger partial charge on any atom is 0.278 e. The minimum atomic E-state index is -3.02. The van der Waals surface area contributed by atoms with Gasteiger partial charge in [0.1, 0.15) is 5.75 Å². The second-order valence-electron chi connectivity index (χ2n) is 3.55. The molecule has 0 radical (unpaired) electrons. The monoisotopic (exact) mass is 249 g/mol. The molecule has 0 heterocycles. The molecule has 16 heavy (non-hydrogen) atoms. The van der Waals surface area contributed by atoms with E-state index in [9.17, 15) is 8.78 Å². The standard InChI is InChI=1S/C11H14ClF2NO/c1-7-5-8(12)6-9(10(7)16-2)11(13,14)3-4-15/h5-6H,3-4,15H2,1-2H3. The van der Waals surface area contributed by atoms with Gasteiger partial charge >= 0.3 is 0 Å². The fourth-order valence-electron chi connectivity index (χ4n) is 1.59. The molecule has 0 aliphatic heterocycles. The SMILES string of the molecule is COc1c(C)cc(Cl)cc1C(F)(F)CCN. The number of nitrogens with two attached hydrogens (primary N) is 1. The Morgan fingerprint density at radius 1 is 1.44 bits per heavy atom. The summed E-state index contributed by atoms with van der Waals surface area (Å²) in [5, 5.41) is 0.269. The largest absolute Gasteiger partial charge is 0.496 e. The highest BCUT2D eigenvalue weighted by atomic mass is 35.5. The van der Waals surface area contributed by atoms with Crippen molar-refractivity contribution in [2.45, 2.75) is 19.3 Å². The van der Waals surface area contributed by atoms with E-state index in [0.29, 0.717) is 5.56 Å². The van der Waals surface area contributed by atoms with E-state index >= 15 is 0 Å². The number of rotatable bonds is 4. The lowest BCUT2D eigenvalue weighted by atomic mass is 10.0. The van der Waals surface area contributed by atoms with Gasteiger partial charge in [-0.3, -0.25) is 0 Å². The van der Waals surface area contributed by atoms with Crippen LogP contribution in [-0.2, 0) is 5.92 Å². The van der Waals surface area contributed by atoms with Crippen LogP contribution in [0.4, 0.5) is 8.78 Å². The molecular formula is C11H14ClF2NO. The van der Waals surface area contributed by atoms with E-state index in [1.807, 2.05) is 0 Å². The highest BCUT2D eigenvalue weighted by molar-refractivity contribution is 6.30. The maximum absolute atomic E-state index is 13.7. The van der Waals surface area contributed by atoms with Crippen molar-refractivity contribution in [2.24, 2.45) is 5.73 Å². The quantitative estimate of drug-likeness (QED) is 0.890. The van der Waals surface area contributed by atoms with Gasteiger partial charge in [0.2, 0.25) is 0 Å². The molecule has 0 amide bonds. The Morgan fingerprint density at radius 3 is 2.56 bits per heavy atom. The normalized spacial score (nSPS) is 11.6. The average Bonchev–Trinajstić information content (AvgIpc) is 2.16. The third kappa shape index (κ3) is 2.62. The summed E-state index contributed by atoms with van der Waals surface area (Å²) >= 11 is 5.77. The van der Waals surface area contributed by atoms with Crippen LogP contribution < -0.4 is 10.5 Å². The lowest BCUT2D eigenvalue weighted by molar-refractivity contribution is -0.0128. The van der Waals surface area contributed by atoms with Gasteiger partial charge in [0.25, 0.3) is 5.92 Å². The highest BCUT2D eigenvalue weighted by Gasteiger charge is 2.34. The number of halogens is 3. The minimum absolute atomic E-state index is 0.0955. The number of alkyl halides is 2. The Kier molecular flexibility index (Phi) is 4.10. The van der Waals surface area contributed by atoms with Crippen LogP contribution in [0, 0.1) is 6.92 Å². The summed E-state index contributed by atoms with van der Waals surface area (Å²) in [6.07, 6.45) is -0.427. The van der Waals surface area contributed by atoms with Crippen molar-refractivity contribution in [2.75, 3.05) is 13.7 Å². The van der Waals surface area contributed by atoms with Crippen LogP contribution in [0.1, 0.15) is 17.5 Å². The maximum atomic E-state index is 13.7. The van der Waals surface area contributed by atoms with Crippen molar-refractivity contribution in [3.63, 3.8) is 0 Å². The smallest absolute Gasteiger partial charge is 0.278 e. The molecule has 2 N–H and O–H groups in total. The molecule has 0 aliphatic rings. The minimum Gasteiger partial charge on any atom is -0.496 e. The molecule has 2 nitrogen and oxygen atoms in total. The van der Waals surface area contributed by atoms with Gasteiger partial charge in [0, 0.05) is 11.4 Å². The van der Waals surface area contributed by atoms with Crippen LogP contribution in [0.25, 0.3) is 0 Å². The van der Waals surface area contributed by atoms with E-state index < -0.39 is 12.3 Å². The van der Waals surface area contributed by atoms with Gasteiger partial charge in [-0.1, -0.05) is 11.6 Å². The fourth-order valence-corrected chi connectivity index (χ4v) is 1.86. The Labute approximate surface area is 98.3 Å². The van der Waals surface area contributed by atoms with Crippen molar-refractivity contribution in [3.8, 4) is 5.75 Å². The Hall–Kier alpha value is -0.870. The summed E-state index contributed by atoms with van der Waals surface area (Å²) in [5.74, 6) is -2.85. The molecule has 90 valence electrons. The summed E-state index contributed by atoms with van der Waals surface area (Å²) < 4.78 is 32.5. The summed E-state index contributed by atoms with van der Waals surface area (Å²) in [4.78, 5) is 0. The van der Waals surface area contributed by atoms with Crippen molar-refractivity contribution >= 4 is 11.6 Å². The molecule has 0 bridgehead atoms. The Morgan fingerprint density at radius 2 is 2.06 bits per heavy atom. The molecule has 1 aromatic rings. The number of hydrogen-bond acceptors (Lipinski definition) is 2. The van der Waals surface area contributed by atoms with Gasteiger partial charge in [-0.05, 0) is 31.2 Å². The number of ether oxygens (including phenoxy) is 1. The van der Waals surface area contributed by atoms with Gasteiger partial charge in [-0.15, -0.1) is 0 Å². The Bertz CT molecular complexity index is 382. The molecule has 0 spiro atoms. The van der Waals surface area contributed by atoms with E-state index in [0.717, 1.165) is 0 Å². The topological polar surface area (TPSA) is 35.2 Å². The Balaban J connectivity index is 3.30. The van der Waals surface area contributed by atoms with E-state index in [1.165, 1.54) is 13.2 Å². The molecule has 0 saturated heterocycles. The number of benzene rings is 1. The second-order valence-corrected chi connectivity index (χ2v) is 3.98. The summed E-state index contributed by atoms with van der Waals surface area (Å²) in [6.45, 7) is 1.58. The number of methoxy groups -OCH3 is 1. The predicted molar refractivity (Wildman–Crippen MR) is 60.3 cm³/mol. The highest BCUT2D eigenvalue weighted by Crippen LogP contribution is 2.40. The summed E-state index contributed by atoms with van der Waals surface area (Å²) in [6, 6.07) is 2.81. The van der Waals surface area contributed by atoms with E-state index in [-0.39, 0.29) is 22.9 Å². The summed E-state index contributed by atoms with van der Waals surface area (Å²) in [7, 11) is 1.36. The zero-order valence-electron chi connectivity index (χ0n) is 9.19. The number of aryl methyl sites for hydroxylation is 1. The van der Waals surface area contributed by atoms with E-state index in [4.69, 9.17) is 22.1 Å². The molecule has 0 fully saturated rings. The first-order valence-electron chi connectivity index (χ1n) is 4.85. The molecule has 0 atom stereocenters. The van der Waals surface area contributed by atoms with E-state index in [2.05, 4.69) is 0 Å². The van der Waals surface area contributed by atoms with Gasteiger partial charge in [-0.25, -0.2) is 8.78 Å².